The normalized spacial score (nSPS) is 22.5. The molecule has 0 unspecified atom stereocenters. The Labute approximate surface area is 181 Å². The van der Waals surface area contributed by atoms with Crippen molar-refractivity contribution in [2.45, 2.75) is 11.8 Å². The van der Waals surface area contributed by atoms with Crippen LogP contribution in [-0.2, 0) is 9.59 Å². The smallest absolute Gasteiger partial charge is 0.315 e. The van der Waals surface area contributed by atoms with E-state index in [-0.39, 0.29) is 23.7 Å². The van der Waals surface area contributed by atoms with Crippen molar-refractivity contribution in [3.05, 3.63) is 114 Å². The highest BCUT2D eigenvalue weighted by atomic mass is 16.5. The molecule has 3 heteroatoms. The maximum absolute atomic E-state index is 13.4. The zero-order chi connectivity index (χ0) is 21.2. The van der Waals surface area contributed by atoms with Crippen molar-refractivity contribution in [1.29, 1.82) is 0 Å². The average molecular weight is 406 g/mol. The molecule has 0 aromatic heterocycles. The first kappa shape index (κ1) is 19.3. The summed E-state index contributed by atoms with van der Waals surface area (Å²) < 4.78 is 5.87. The van der Waals surface area contributed by atoms with E-state index in [1.54, 1.807) is 0 Å². The number of carbonyl (C=O) groups excluding carboxylic acids is 2. The van der Waals surface area contributed by atoms with Gasteiger partial charge in [0.25, 0.3) is 0 Å². The van der Waals surface area contributed by atoms with E-state index < -0.39 is 5.92 Å². The summed E-state index contributed by atoms with van der Waals surface area (Å²) in [4.78, 5) is 25.5. The van der Waals surface area contributed by atoms with E-state index in [0.29, 0.717) is 5.75 Å². The Morgan fingerprint density at radius 2 is 1.23 bits per heavy atom. The third-order valence-corrected chi connectivity index (χ3v) is 6.34. The molecule has 2 atom stereocenters. The molecule has 0 spiro atoms. The summed E-state index contributed by atoms with van der Waals surface area (Å²) in [5.74, 6) is -0.855. The lowest BCUT2D eigenvalue weighted by Crippen LogP contribution is -2.49. The Morgan fingerprint density at radius 3 is 1.81 bits per heavy atom. The number of rotatable bonds is 5. The number of carbonyl (C=O) groups is 2. The van der Waals surface area contributed by atoms with Gasteiger partial charge in [0.15, 0.2) is 0 Å². The molecule has 31 heavy (non-hydrogen) atoms. The minimum Gasteiger partial charge on any atom is -0.426 e. The fourth-order valence-electron chi connectivity index (χ4n) is 4.87. The van der Waals surface area contributed by atoms with Gasteiger partial charge in [0, 0.05) is 17.8 Å². The predicted octanol–water partition coefficient (Wildman–Crippen LogP) is 5.76. The summed E-state index contributed by atoms with van der Waals surface area (Å²) in [5, 5.41) is 2.11. The van der Waals surface area contributed by atoms with E-state index in [2.05, 4.69) is 0 Å². The van der Waals surface area contributed by atoms with Crippen LogP contribution in [0.4, 0.5) is 0 Å². The topological polar surface area (TPSA) is 43.4 Å². The fraction of sp³-hybridized carbons (Fsp3) is 0.143. The summed E-state index contributed by atoms with van der Waals surface area (Å²) in [7, 11) is 0. The highest BCUT2D eigenvalue weighted by Crippen LogP contribution is 2.57. The lowest BCUT2D eigenvalue weighted by Gasteiger charge is -2.48. The summed E-state index contributed by atoms with van der Waals surface area (Å²) in [5.41, 5.74) is 1.99. The van der Waals surface area contributed by atoms with Crippen LogP contribution in [0.3, 0.4) is 0 Å². The second-order valence-corrected chi connectivity index (χ2v) is 8.04. The zero-order valence-electron chi connectivity index (χ0n) is 16.9. The Hall–Kier alpha value is -3.72. The molecule has 0 heterocycles. The van der Waals surface area contributed by atoms with Crippen molar-refractivity contribution in [3.63, 3.8) is 0 Å². The molecule has 0 bridgehead atoms. The molecule has 0 N–H and O–H groups in total. The van der Waals surface area contributed by atoms with E-state index in [0.717, 1.165) is 28.2 Å². The van der Waals surface area contributed by atoms with E-state index in [1.165, 1.54) is 0 Å². The van der Waals surface area contributed by atoms with Crippen molar-refractivity contribution in [1.82, 2.24) is 0 Å². The number of hydrogen-bond donors (Lipinski definition) is 0. The summed E-state index contributed by atoms with van der Waals surface area (Å²) in [6.45, 7) is 0. The zero-order valence-corrected chi connectivity index (χ0v) is 16.9. The molecule has 4 aromatic carbocycles. The summed E-state index contributed by atoms with van der Waals surface area (Å²) in [6, 6.07) is 33.2. The number of esters is 1. The molecule has 1 saturated carbocycles. The molecule has 3 nitrogen and oxygen atoms in total. The first-order valence-corrected chi connectivity index (χ1v) is 10.5. The Kier molecular flexibility index (Phi) is 5.09. The minimum absolute atomic E-state index is 0.197. The second kappa shape index (κ2) is 8.19. The quantitative estimate of drug-likeness (QED) is 0.240. The Morgan fingerprint density at radius 1 is 0.677 bits per heavy atom. The molecule has 0 amide bonds. The first-order chi connectivity index (χ1) is 15.3. The largest absolute Gasteiger partial charge is 0.426 e. The molecule has 1 aliphatic rings. The number of ether oxygens (including phenoxy) is 1. The van der Waals surface area contributed by atoms with Crippen molar-refractivity contribution in [2.75, 3.05) is 0 Å². The molecule has 4 aromatic rings. The van der Waals surface area contributed by atoms with Crippen LogP contribution in [0.5, 0.6) is 5.75 Å². The van der Waals surface area contributed by atoms with Gasteiger partial charge >= 0.3 is 5.97 Å². The molecule has 1 aliphatic carbocycles. The van der Waals surface area contributed by atoms with Crippen LogP contribution in [0.25, 0.3) is 10.8 Å². The number of benzene rings is 4. The van der Waals surface area contributed by atoms with Gasteiger partial charge in [-0.2, -0.15) is 0 Å². The van der Waals surface area contributed by atoms with Crippen LogP contribution in [0, 0.1) is 11.8 Å². The highest BCUT2D eigenvalue weighted by molar-refractivity contribution is 5.86. The van der Waals surface area contributed by atoms with Crippen LogP contribution in [0.15, 0.2) is 103 Å². The van der Waals surface area contributed by atoms with Gasteiger partial charge in [0.1, 0.15) is 12.0 Å². The van der Waals surface area contributed by atoms with Gasteiger partial charge in [-0.15, -0.1) is 0 Å². The van der Waals surface area contributed by atoms with Crippen molar-refractivity contribution >= 4 is 23.0 Å². The lowest BCUT2D eigenvalue weighted by atomic mass is 9.53. The van der Waals surface area contributed by atoms with E-state index in [4.69, 9.17) is 4.74 Å². The maximum atomic E-state index is 13.4. The molecule has 0 aliphatic heterocycles. The number of fused-ring (bicyclic) bond motifs is 1. The summed E-state index contributed by atoms with van der Waals surface area (Å²) >= 11 is 0. The van der Waals surface area contributed by atoms with Gasteiger partial charge in [0.05, 0.1) is 5.92 Å². The molecule has 0 saturated heterocycles. The third kappa shape index (κ3) is 3.53. The van der Waals surface area contributed by atoms with Crippen LogP contribution >= 0.6 is 0 Å². The van der Waals surface area contributed by atoms with Crippen molar-refractivity contribution in [3.8, 4) is 5.75 Å². The van der Waals surface area contributed by atoms with Gasteiger partial charge < -0.3 is 9.53 Å². The monoisotopic (exact) mass is 406 g/mol. The summed E-state index contributed by atoms with van der Waals surface area (Å²) in [6.07, 6.45) is 0.995. The minimum atomic E-state index is -0.425. The number of aldehydes is 1. The van der Waals surface area contributed by atoms with Crippen LogP contribution in [0.2, 0.25) is 0 Å². The van der Waals surface area contributed by atoms with Gasteiger partial charge in [-0.05, 0) is 34.0 Å². The average Bonchev–Trinajstić information content (AvgIpc) is 2.80. The highest BCUT2D eigenvalue weighted by Gasteiger charge is 2.55. The molecule has 0 radical (unpaired) electrons. The Bertz CT molecular complexity index is 1170. The van der Waals surface area contributed by atoms with Crippen LogP contribution in [0.1, 0.15) is 23.0 Å². The van der Waals surface area contributed by atoms with Gasteiger partial charge in [0.2, 0.25) is 0 Å². The standard InChI is InChI=1S/C28H22O3/c29-18-24-25(20-10-3-1-4-11-20)27(26(24)21-12-5-2-6-13-21)28(30)31-23-16-15-19-9-7-8-14-22(19)17-23/h1-18,24-27H/t24?,25-,26-,27?/m1/s1. The van der Waals surface area contributed by atoms with E-state index in [1.807, 2.05) is 103 Å². The first-order valence-electron chi connectivity index (χ1n) is 10.5. The third-order valence-electron chi connectivity index (χ3n) is 6.34. The molecule has 5 rings (SSSR count). The van der Waals surface area contributed by atoms with Crippen LogP contribution in [-0.4, -0.2) is 12.3 Å². The van der Waals surface area contributed by atoms with Gasteiger partial charge in [-0.25, -0.2) is 0 Å². The fourth-order valence-corrected chi connectivity index (χ4v) is 4.87. The molecular weight excluding hydrogens is 384 g/mol. The van der Waals surface area contributed by atoms with Crippen molar-refractivity contribution in [2.24, 2.45) is 11.8 Å². The molecule has 152 valence electrons. The SMILES string of the molecule is O=CC1[C@@H](c2ccccc2)C(C(=O)Oc2ccc3ccccc3c2)[C@@H]1c1ccccc1. The lowest BCUT2D eigenvalue weighted by molar-refractivity contribution is -0.148. The van der Waals surface area contributed by atoms with E-state index in [9.17, 15) is 9.59 Å². The second-order valence-electron chi connectivity index (χ2n) is 8.04. The number of hydrogen-bond acceptors (Lipinski definition) is 3. The van der Waals surface area contributed by atoms with E-state index >= 15 is 0 Å². The maximum Gasteiger partial charge on any atom is 0.315 e. The van der Waals surface area contributed by atoms with Crippen molar-refractivity contribution < 1.29 is 14.3 Å². The molecular formula is C28H22O3. The predicted molar refractivity (Wildman–Crippen MR) is 121 cm³/mol. The van der Waals surface area contributed by atoms with Gasteiger partial charge in [-0.3, -0.25) is 4.79 Å². The Balaban J connectivity index is 1.50. The van der Waals surface area contributed by atoms with Crippen LogP contribution < -0.4 is 4.74 Å². The van der Waals surface area contributed by atoms with Gasteiger partial charge in [-0.1, -0.05) is 91.0 Å². The molecule has 1 fully saturated rings.